The normalized spacial score (nSPS) is 10.8. The quantitative estimate of drug-likeness (QED) is 0.481. The van der Waals surface area contributed by atoms with Crippen molar-refractivity contribution < 1.29 is 24.0 Å². The number of benzene rings is 2. The first-order valence-electron chi connectivity index (χ1n) is 8.44. The Labute approximate surface area is 161 Å². The number of hydrogen-bond donors (Lipinski definition) is 1. The van der Waals surface area contributed by atoms with Crippen molar-refractivity contribution in [2.45, 2.75) is 26.2 Å². The number of esters is 1. The van der Waals surface area contributed by atoms with Crippen LogP contribution in [0.4, 0.5) is 5.69 Å². The molecule has 0 unspecified atom stereocenters. The van der Waals surface area contributed by atoms with E-state index in [1.165, 1.54) is 18.2 Å². The third kappa shape index (κ3) is 5.47. The van der Waals surface area contributed by atoms with Crippen LogP contribution >= 0.6 is 0 Å². The molecule has 0 aromatic heterocycles. The van der Waals surface area contributed by atoms with Gasteiger partial charge in [0, 0.05) is 17.7 Å². The molecule has 0 aliphatic carbocycles. The molecule has 146 valence electrons. The van der Waals surface area contributed by atoms with E-state index in [9.17, 15) is 24.5 Å². The van der Waals surface area contributed by atoms with E-state index in [1.807, 2.05) is 32.9 Å². The van der Waals surface area contributed by atoms with Gasteiger partial charge in [-0.25, -0.2) is 4.79 Å². The standard InChI is InChI=1S/C20H20N2O6/c1-20(2,3)15-9-7-13(8-10-15)18(24)21-17(23)12-28-19(25)14-5-4-6-16(11-14)22(26)27/h4-11H,12H2,1-3H3,(H,21,23,24). The minimum Gasteiger partial charge on any atom is -0.452 e. The molecule has 0 radical (unpaired) electrons. The molecule has 0 saturated carbocycles. The molecule has 0 bridgehead atoms. The van der Waals surface area contributed by atoms with Crippen molar-refractivity contribution in [3.63, 3.8) is 0 Å². The lowest BCUT2D eigenvalue weighted by Crippen LogP contribution is -2.34. The van der Waals surface area contributed by atoms with Crippen molar-refractivity contribution in [3.05, 3.63) is 75.3 Å². The van der Waals surface area contributed by atoms with Crippen molar-refractivity contribution >= 4 is 23.5 Å². The summed E-state index contributed by atoms with van der Waals surface area (Å²) < 4.78 is 4.80. The predicted octanol–water partition coefficient (Wildman–Crippen LogP) is 3.01. The highest BCUT2D eigenvalue weighted by Crippen LogP contribution is 2.22. The molecule has 0 spiro atoms. The van der Waals surface area contributed by atoms with Gasteiger partial charge in [0.25, 0.3) is 17.5 Å². The molecule has 0 atom stereocenters. The van der Waals surface area contributed by atoms with Crippen LogP contribution in [0.2, 0.25) is 0 Å². The van der Waals surface area contributed by atoms with Crippen molar-refractivity contribution in [1.29, 1.82) is 0 Å². The predicted molar refractivity (Wildman–Crippen MR) is 101 cm³/mol. The molecule has 0 fully saturated rings. The molecular weight excluding hydrogens is 364 g/mol. The maximum Gasteiger partial charge on any atom is 0.338 e. The fraction of sp³-hybridized carbons (Fsp3) is 0.250. The Bertz CT molecular complexity index is 913. The van der Waals surface area contributed by atoms with E-state index in [-0.39, 0.29) is 16.7 Å². The first-order valence-corrected chi connectivity index (χ1v) is 8.44. The Balaban J connectivity index is 1.91. The summed E-state index contributed by atoms with van der Waals surface area (Å²) in [6.07, 6.45) is 0. The van der Waals surface area contributed by atoms with Gasteiger partial charge in [-0.05, 0) is 29.2 Å². The summed E-state index contributed by atoms with van der Waals surface area (Å²) in [5.41, 5.74) is 0.942. The molecule has 0 heterocycles. The minimum atomic E-state index is -0.902. The van der Waals surface area contributed by atoms with Gasteiger partial charge in [-0.2, -0.15) is 0 Å². The van der Waals surface area contributed by atoms with Crippen molar-refractivity contribution in [2.24, 2.45) is 0 Å². The van der Waals surface area contributed by atoms with Gasteiger partial charge in [0.2, 0.25) is 0 Å². The topological polar surface area (TPSA) is 116 Å². The van der Waals surface area contributed by atoms with Crippen LogP contribution in [-0.4, -0.2) is 29.3 Å². The van der Waals surface area contributed by atoms with Crippen LogP contribution < -0.4 is 5.32 Å². The average Bonchev–Trinajstić information content (AvgIpc) is 2.65. The Morgan fingerprint density at radius 1 is 1.04 bits per heavy atom. The number of imide groups is 1. The molecule has 0 aliphatic rings. The molecule has 2 aromatic rings. The molecule has 8 nitrogen and oxygen atoms in total. The number of nitrogens with one attached hydrogen (secondary N) is 1. The lowest BCUT2D eigenvalue weighted by Gasteiger charge is -2.18. The van der Waals surface area contributed by atoms with Crippen LogP contribution in [0.3, 0.4) is 0 Å². The number of nitrogens with zero attached hydrogens (tertiary/aromatic N) is 1. The minimum absolute atomic E-state index is 0.0638. The summed E-state index contributed by atoms with van der Waals surface area (Å²) in [7, 11) is 0. The van der Waals surface area contributed by atoms with E-state index in [4.69, 9.17) is 4.74 Å². The van der Waals surface area contributed by atoms with Gasteiger partial charge in [-0.3, -0.25) is 25.0 Å². The molecular formula is C20H20N2O6. The summed E-state index contributed by atoms with van der Waals surface area (Å²) in [6, 6.07) is 11.8. The molecule has 0 aliphatic heterocycles. The van der Waals surface area contributed by atoms with Gasteiger partial charge >= 0.3 is 5.97 Å². The van der Waals surface area contributed by atoms with Gasteiger partial charge in [0.05, 0.1) is 10.5 Å². The number of hydrogen-bond acceptors (Lipinski definition) is 6. The van der Waals surface area contributed by atoms with Gasteiger partial charge < -0.3 is 4.74 Å². The van der Waals surface area contributed by atoms with Crippen LogP contribution in [0.25, 0.3) is 0 Å². The third-order valence-electron chi connectivity index (χ3n) is 3.89. The van der Waals surface area contributed by atoms with Gasteiger partial charge in [0.15, 0.2) is 6.61 Å². The van der Waals surface area contributed by atoms with E-state index in [1.54, 1.807) is 12.1 Å². The zero-order chi connectivity index (χ0) is 20.9. The summed E-state index contributed by atoms with van der Waals surface area (Å²) in [4.78, 5) is 45.9. The number of rotatable bonds is 5. The number of carbonyl (C=O) groups excluding carboxylic acids is 3. The molecule has 8 heteroatoms. The maximum atomic E-state index is 12.1. The number of non-ortho nitro benzene ring substituents is 1. The highest BCUT2D eigenvalue weighted by atomic mass is 16.6. The third-order valence-corrected chi connectivity index (χ3v) is 3.89. The lowest BCUT2D eigenvalue weighted by atomic mass is 9.87. The Morgan fingerprint density at radius 2 is 1.68 bits per heavy atom. The highest BCUT2D eigenvalue weighted by Gasteiger charge is 2.17. The summed E-state index contributed by atoms with van der Waals surface area (Å²) >= 11 is 0. The average molecular weight is 384 g/mol. The SMILES string of the molecule is CC(C)(C)c1ccc(C(=O)NC(=O)COC(=O)c2cccc([N+](=O)[O-])c2)cc1. The van der Waals surface area contributed by atoms with Crippen LogP contribution in [0.5, 0.6) is 0 Å². The van der Waals surface area contributed by atoms with E-state index in [0.717, 1.165) is 11.6 Å². The summed E-state index contributed by atoms with van der Waals surface area (Å²) in [6.45, 7) is 5.44. The number of nitro benzene ring substituents is 1. The fourth-order valence-corrected chi connectivity index (χ4v) is 2.32. The van der Waals surface area contributed by atoms with Crippen molar-refractivity contribution in [2.75, 3.05) is 6.61 Å². The molecule has 2 amide bonds. The second kappa shape index (κ2) is 8.43. The molecule has 0 saturated heterocycles. The number of amides is 2. The molecule has 28 heavy (non-hydrogen) atoms. The smallest absolute Gasteiger partial charge is 0.338 e. The van der Waals surface area contributed by atoms with Crippen LogP contribution in [0.1, 0.15) is 47.1 Å². The lowest BCUT2D eigenvalue weighted by molar-refractivity contribution is -0.384. The zero-order valence-electron chi connectivity index (χ0n) is 15.7. The zero-order valence-corrected chi connectivity index (χ0v) is 15.7. The van der Waals surface area contributed by atoms with Gasteiger partial charge in [-0.15, -0.1) is 0 Å². The van der Waals surface area contributed by atoms with E-state index in [2.05, 4.69) is 5.32 Å². The van der Waals surface area contributed by atoms with Crippen molar-refractivity contribution in [3.8, 4) is 0 Å². The Kier molecular flexibility index (Phi) is 6.25. The summed E-state index contributed by atoms with van der Waals surface area (Å²) in [5, 5.41) is 12.9. The number of ether oxygens (including phenoxy) is 1. The number of nitro groups is 1. The Hall–Kier alpha value is -3.55. The second-order valence-electron chi connectivity index (χ2n) is 7.09. The Morgan fingerprint density at radius 3 is 2.25 bits per heavy atom. The van der Waals surface area contributed by atoms with E-state index in [0.29, 0.717) is 5.56 Å². The summed E-state index contributed by atoms with van der Waals surface area (Å²) in [5.74, 6) is -2.32. The number of carbonyl (C=O) groups is 3. The monoisotopic (exact) mass is 384 g/mol. The molecule has 1 N–H and O–H groups in total. The maximum absolute atomic E-state index is 12.1. The van der Waals surface area contributed by atoms with Crippen LogP contribution in [-0.2, 0) is 14.9 Å². The second-order valence-corrected chi connectivity index (χ2v) is 7.09. The fourth-order valence-electron chi connectivity index (χ4n) is 2.32. The van der Waals surface area contributed by atoms with E-state index >= 15 is 0 Å². The first kappa shape index (κ1) is 20.8. The molecule has 2 rings (SSSR count). The first-order chi connectivity index (χ1) is 13.1. The van der Waals surface area contributed by atoms with E-state index < -0.39 is 29.3 Å². The highest BCUT2D eigenvalue weighted by molar-refractivity contribution is 6.05. The van der Waals surface area contributed by atoms with Crippen molar-refractivity contribution in [1.82, 2.24) is 5.32 Å². The largest absolute Gasteiger partial charge is 0.452 e. The van der Waals surface area contributed by atoms with Crippen LogP contribution in [0.15, 0.2) is 48.5 Å². The molecule has 2 aromatic carbocycles. The van der Waals surface area contributed by atoms with Gasteiger partial charge in [-0.1, -0.05) is 39.0 Å². The van der Waals surface area contributed by atoms with Gasteiger partial charge in [0.1, 0.15) is 0 Å². The van der Waals surface area contributed by atoms with Crippen LogP contribution in [0, 0.1) is 10.1 Å².